The Morgan fingerprint density at radius 2 is 1.87 bits per heavy atom. The molecular formula is C17H24N2O3S. The highest BCUT2D eigenvalue weighted by Crippen LogP contribution is 2.20. The molecule has 0 unspecified atom stereocenters. The summed E-state index contributed by atoms with van der Waals surface area (Å²) in [7, 11) is -3.18. The van der Waals surface area contributed by atoms with E-state index < -0.39 is 10.0 Å². The molecule has 1 aliphatic rings. The molecule has 0 bridgehead atoms. The van der Waals surface area contributed by atoms with E-state index in [9.17, 15) is 8.42 Å². The molecule has 1 saturated carbocycles. The molecule has 1 aromatic rings. The van der Waals surface area contributed by atoms with Gasteiger partial charge in [0.15, 0.2) is 0 Å². The summed E-state index contributed by atoms with van der Waals surface area (Å²) in [5.74, 6) is 3.18. The maximum atomic E-state index is 11.5. The van der Waals surface area contributed by atoms with Gasteiger partial charge in [-0.15, -0.1) is 6.42 Å². The lowest BCUT2D eigenvalue weighted by Crippen LogP contribution is -2.51. The highest BCUT2D eigenvalue weighted by Gasteiger charge is 2.26. The number of benzene rings is 1. The van der Waals surface area contributed by atoms with Crippen LogP contribution in [0.1, 0.15) is 31.2 Å². The van der Waals surface area contributed by atoms with Crippen molar-refractivity contribution in [2.45, 2.75) is 44.3 Å². The monoisotopic (exact) mass is 336 g/mol. The Labute approximate surface area is 138 Å². The van der Waals surface area contributed by atoms with Gasteiger partial charge in [-0.1, -0.05) is 30.9 Å². The topological polar surface area (TPSA) is 67.4 Å². The van der Waals surface area contributed by atoms with Gasteiger partial charge < -0.3 is 10.1 Å². The molecular weight excluding hydrogens is 312 g/mol. The maximum absolute atomic E-state index is 11.5. The van der Waals surface area contributed by atoms with E-state index in [2.05, 4.69) is 16.0 Å². The van der Waals surface area contributed by atoms with Crippen LogP contribution in [0.25, 0.3) is 0 Å². The predicted octanol–water partition coefficient (Wildman–Crippen LogP) is 1.65. The zero-order valence-electron chi connectivity index (χ0n) is 13.4. The number of terminal acetylenes is 1. The van der Waals surface area contributed by atoms with E-state index in [0.717, 1.165) is 37.0 Å². The minimum atomic E-state index is -3.18. The van der Waals surface area contributed by atoms with Crippen molar-refractivity contribution in [2.75, 3.05) is 12.9 Å². The quantitative estimate of drug-likeness (QED) is 0.743. The molecule has 2 rings (SSSR count). The third kappa shape index (κ3) is 6.22. The zero-order valence-corrected chi connectivity index (χ0v) is 14.2. The van der Waals surface area contributed by atoms with Crippen LogP contribution in [0, 0.1) is 12.3 Å². The van der Waals surface area contributed by atoms with Gasteiger partial charge in [-0.3, -0.25) is 0 Å². The van der Waals surface area contributed by atoms with Gasteiger partial charge in [-0.25, -0.2) is 13.1 Å². The summed E-state index contributed by atoms with van der Waals surface area (Å²) in [6.45, 7) is 0.959. The van der Waals surface area contributed by atoms with E-state index in [-0.39, 0.29) is 18.7 Å². The first-order valence-electron chi connectivity index (χ1n) is 7.84. The lowest BCUT2D eigenvalue weighted by molar-refractivity contribution is 0.309. The molecule has 0 saturated heterocycles. The molecule has 0 spiro atoms. The summed E-state index contributed by atoms with van der Waals surface area (Å²) in [6.07, 6.45) is 10.4. The van der Waals surface area contributed by atoms with Gasteiger partial charge in [0.2, 0.25) is 10.0 Å². The number of hydrogen-bond acceptors (Lipinski definition) is 4. The second-order valence-corrected chi connectivity index (χ2v) is 7.69. The number of rotatable bonds is 7. The zero-order chi connectivity index (χ0) is 16.7. The fourth-order valence-electron chi connectivity index (χ4n) is 2.87. The van der Waals surface area contributed by atoms with Crippen molar-refractivity contribution < 1.29 is 13.2 Å². The second-order valence-electron chi connectivity index (χ2n) is 5.91. The second kappa shape index (κ2) is 8.34. The average molecular weight is 336 g/mol. The van der Waals surface area contributed by atoms with Crippen molar-refractivity contribution in [3.05, 3.63) is 29.8 Å². The Kier molecular flexibility index (Phi) is 6.46. The third-order valence-corrected chi connectivity index (χ3v) is 4.68. The first kappa shape index (κ1) is 17.8. The molecule has 126 valence electrons. The maximum Gasteiger partial charge on any atom is 0.209 e. The number of ether oxygens (including phenoxy) is 1. The molecule has 0 radical (unpaired) electrons. The Balaban J connectivity index is 1.89. The lowest BCUT2D eigenvalue weighted by atomic mass is 9.91. The van der Waals surface area contributed by atoms with Crippen molar-refractivity contribution in [3.63, 3.8) is 0 Å². The molecule has 23 heavy (non-hydrogen) atoms. The Bertz CT molecular complexity index is 635. The van der Waals surface area contributed by atoms with Crippen molar-refractivity contribution >= 4 is 10.0 Å². The molecule has 2 atom stereocenters. The van der Waals surface area contributed by atoms with Crippen molar-refractivity contribution in [3.8, 4) is 18.1 Å². The van der Waals surface area contributed by atoms with Gasteiger partial charge in [-0.05, 0) is 30.5 Å². The van der Waals surface area contributed by atoms with E-state index in [4.69, 9.17) is 11.2 Å². The average Bonchev–Trinajstić information content (AvgIpc) is 2.51. The van der Waals surface area contributed by atoms with E-state index in [1.807, 2.05) is 24.3 Å². The summed E-state index contributed by atoms with van der Waals surface area (Å²) in [5, 5.41) is 3.47. The van der Waals surface area contributed by atoms with E-state index in [1.54, 1.807) is 0 Å². The number of nitrogens with one attached hydrogen (secondary N) is 2. The Hall–Kier alpha value is -1.55. The van der Waals surface area contributed by atoms with Gasteiger partial charge in [0.25, 0.3) is 0 Å². The highest BCUT2D eigenvalue weighted by molar-refractivity contribution is 7.88. The van der Waals surface area contributed by atoms with Crippen LogP contribution in [0.5, 0.6) is 5.75 Å². The normalized spacial score (nSPS) is 21.6. The first-order valence-corrected chi connectivity index (χ1v) is 9.73. The van der Waals surface area contributed by atoms with Crippen LogP contribution in [0.15, 0.2) is 24.3 Å². The van der Waals surface area contributed by atoms with Gasteiger partial charge in [0.1, 0.15) is 12.4 Å². The molecule has 1 fully saturated rings. The Morgan fingerprint density at radius 3 is 2.48 bits per heavy atom. The first-order chi connectivity index (χ1) is 11.0. The van der Waals surface area contributed by atoms with Crippen LogP contribution in [0.4, 0.5) is 0 Å². The van der Waals surface area contributed by atoms with Crippen molar-refractivity contribution in [2.24, 2.45) is 0 Å². The summed E-state index contributed by atoms with van der Waals surface area (Å²) in [5.41, 5.74) is 1.13. The van der Waals surface area contributed by atoms with Gasteiger partial charge in [0, 0.05) is 18.6 Å². The summed E-state index contributed by atoms with van der Waals surface area (Å²) in [4.78, 5) is 0. The van der Waals surface area contributed by atoms with Crippen molar-refractivity contribution in [1.29, 1.82) is 0 Å². The highest BCUT2D eigenvalue weighted by atomic mass is 32.2. The van der Waals surface area contributed by atoms with Crippen LogP contribution in [0.3, 0.4) is 0 Å². The molecule has 0 amide bonds. The molecule has 5 nitrogen and oxygen atoms in total. The van der Waals surface area contributed by atoms with Crippen LogP contribution in [-0.4, -0.2) is 33.4 Å². The molecule has 2 N–H and O–H groups in total. The Morgan fingerprint density at radius 1 is 1.22 bits per heavy atom. The summed E-state index contributed by atoms with van der Waals surface area (Å²) in [6, 6.07) is 7.89. The molecule has 0 aliphatic heterocycles. The fourth-order valence-corrected chi connectivity index (χ4v) is 3.70. The van der Waals surface area contributed by atoms with E-state index in [1.165, 1.54) is 6.26 Å². The number of sulfonamides is 1. The van der Waals surface area contributed by atoms with Crippen LogP contribution in [-0.2, 0) is 16.6 Å². The largest absolute Gasteiger partial charge is 0.481 e. The van der Waals surface area contributed by atoms with Gasteiger partial charge in [0.05, 0.1) is 6.26 Å². The van der Waals surface area contributed by atoms with Gasteiger partial charge in [-0.2, -0.15) is 0 Å². The van der Waals surface area contributed by atoms with Gasteiger partial charge >= 0.3 is 0 Å². The number of hydrogen-bond donors (Lipinski definition) is 2. The lowest BCUT2D eigenvalue weighted by Gasteiger charge is -2.32. The van der Waals surface area contributed by atoms with E-state index >= 15 is 0 Å². The smallest absolute Gasteiger partial charge is 0.209 e. The minimum absolute atomic E-state index is 0.0306. The third-order valence-electron chi connectivity index (χ3n) is 3.95. The van der Waals surface area contributed by atoms with E-state index in [0.29, 0.717) is 6.54 Å². The van der Waals surface area contributed by atoms with Crippen LogP contribution >= 0.6 is 0 Å². The summed E-state index contributed by atoms with van der Waals surface area (Å²) >= 11 is 0. The van der Waals surface area contributed by atoms with Crippen molar-refractivity contribution in [1.82, 2.24) is 10.0 Å². The minimum Gasteiger partial charge on any atom is -0.481 e. The molecule has 1 aromatic carbocycles. The fraction of sp³-hybridized carbons (Fsp3) is 0.529. The molecule has 0 aromatic heterocycles. The van der Waals surface area contributed by atoms with Crippen LogP contribution in [0.2, 0.25) is 0 Å². The molecule has 1 aliphatic carbocycles. The molecule has 6 heteroatoms. The predicted molar refractivity (Wildman–Crippen MR) is 91.6 cm³/mol. The molecule has 0 heterocycles. The van der Waals surface area contributed by atoms with Crippen LogP contribution < -0.4 is 14.8 Å². The summed E-state index contributed by atoms with van der Waals surface area (Å²) < 4.78 is 31.0. The standard InChI is InChI=1S/C17H24N2O3S/c1-3-12-22-15-10-8-14(9-11-15)13-18-16-6-4-5-7-17(16)19-23(2,20)21/h1,8-11,16-19H,4-7,12-13H2,2H3/t16-,17+/m0/s1. The SMILES string of the molecule is C#CCOc1ccc(CN[C@H]2CCCC[C@H]2NS(C)(=O)=O)cc1.